The molecule has 4 nitrogen and oxygen atoms in total. The highest BCUT2D eigenvalue weighted by Crippen LogP contribution is 2.22. The molecule has 16 heavy (non-hydrogen) atoms. The van der Waals surface area contributed by atoms with Crippen LogP contribution in [-0.4, -0.2) is 30.9 Å². The Hall–Kier alpha value is -0.820. The molecule has 0 fully saturated rings. The molecule has 1 aromatic carbocycles. The lowest BCUT2D eigenvalue weighted by Crippen LogP contribution is -2.06. The zero-order chi connectivity index (χ0) is 12.0. The van der Waals surface area contributed by atoms with E-state index < -0.39 is 0 Å². The second-order valence-corrected chi connectivity index (χ2v) is 4.10. The lowest BCUT2D eigenvalue weighted by atomic mass is 10.2. The highest BCUT2D eigenvalue weighted by atomic mass is 127. The van der Waals surface area contributed by atoms with E-state index in [9.17, 15) is 4.79 Å². The van der Waals surface area contributed by atoms with Crippen LogP contribution in [0.2, 0.25) is 0 Å². The summed E-state index contributed by atoms with van der Waals surface area (Å²) in [5, 5.41) is 8.63. The molecule has 0 saturated carbocycles. The fourth-order valence-corrected chi connectivity index (χ4v) is 1.79. The van der Waals surface area contributed by atoms with Gasteiger partial charge in [-0.15, -0.1) is 0 Å². The molecule has 0 aromatic heterocycles. The number of benzene rings is 1. The van der Waals surface area contributed by atoms with Crippen molar-refractivity contribution in [2.24, 2.45) is 0 Å². The maximum atomic E-state index is 11.4. The number of halogens is 1. The van der Waals surface area contributed by atoms with Crippen molar-refractivity contribution < 1.29 is 19.4 Å². The Balaban J connectivity index is 2.78. The molecule has 0 aliphatic carbocycles. The second kappa shape index (κ2) is 6.70. The average Bonchev–Trinajstić information content (AvgIpc) is 2.27. The first-order valence-corrected chi connectivity index (χ1v) is 5.97. The number of ether oxygens (including phenoxy) is 2. The third-order valence-corrected chi connectivity index (χ3v) is 2.63. The van der Waals surface area contributed by atoms with Gasteiger partial charge in [0.05, 0.1) is 22.3 Å². The van der Waals surface area contributed by atoms with E-state index in [1.54, 1.807) is 25.1 Å². The molecule has 1 aromatic rings. The second-order valence-electron chi connectivity index (χ2n) is 2.94. The van der Waals surface area contributed by atoms with Crippen molar-refractivity contribution in [3.63, 3.8) is 0 Å². The van der Waals surface area contributed by atoms with Gasteiger partial charge in [0.1, 0.15) is 12.4 Å². The van der Waals surface area contributed by atoms with Crippen molar-refractivity contribution in [3.05, 3.63) is 27.3 Å². The standard InChI is InChI=1S/C11H13IO4/c1-2-15-11(14)8-3-4-10(9(12)7-8)16-6-5-13/h3-4,7,13H,2,5-6H2,1H3. The molecular weight excluding hydrogens is 323 g/mol. The summed E-state index contributed by atoms with van der Waals surface area (Å²) in [6, 6.07) is 5.04. The Morgan fingerprint density at radius 2 is 2.25 bits per heavy atom. The van der Waals surface area contributed by atoms with Gasteiger partial charge in [0.2, 0.25) is 0 Å². The van der Waals surface area contributed by atoms with E-state index in [2.05, 4.69) is 22.6 Å². The largest absolute Gasteiger partial charge is 0.490 e. The molecule has 0 radical (unpaired) electrons. The first kappa shape index (κ1) is 13.2. The Morgan fingerprint density at radius 1 is 1.50 bits per heavy atom. The number of esters is 1. The summed E-state index contributed by atoms with van der Waals surface area (Å²) < 4.78 is 11.0. The van der Waals surface area contributed by atoms with E-state index in [-0.39, 0.29) is 19.2 Å². The highest BCUT2D eigenvalue weighted by molar-refractivity contribution is 14.1. The van der Waals surface area contributed by atoms with Crippen LogP contribution in [0, 0.1) is 3.57 Å². The molecule has 0 heterocycles. The summed E-state index contributed by atoms with van der Waals surface area (Å²) in [7, 11) is 0. The number of aliphatic hydroxyl groups is 1. The lowest BCUT2D eigenvalue weighted by molar-refractivity contribution is 0.0526. The first-order valence-electron chi connectivity index (χ1n) is 4.89. The number of aliphatic hydroxyl groups excluding tert-OH is 1. The van der Waals surface area contributed by atoms with Gasteiger partial charge < -0.3 is 14.6 Å². The number of carbonyl (C=O) groups excluding carboxylic acids is 1. The molecule has 1 N–H and O–H groups in total. The first-order chi connectivity index (χ1) is 7.69. The predicted molar refractivity (Wildman–Crippen MR) is 67.7 cm³/mol. The minimum absolute atomic E-state index is 0.0320. The number of rotatable bonds is 5. The molecule has 0 spiro atoms. The van der Waals surface area contributed by atoms with Gasteiger partial charge in [-0.3, -0.25) is 0 Å². The van der Waals surface area contributed by atoms with Crippen LogP contribution in [-0.2, 0) is 4.74 Å². The van der Waals surface area contributed by atoms with Crippen LogP contribution < -0.4 is 4.74 Å². The van der Waals surface area contributed by atoms with E-state index in [4.69, 9.17) is 14.6 Å². The lowest BCUT2D eigenvalue weighted by Gasteiger charge is -2.08. The van der Waals surface area contributed by atoms with Gasteiger partial charge >= 0.3 is 5.97 Å². The molecule has 0 unspecified atom stereocenters. The fourth-order valence-electron chi connectivity index (χ4n) is 1.11. The van der Waals surface area contributed by atoms with E-state index in [0.717, 1.165) is 3.57 Å². The normalized spacial score (nSPS) is 9.94. The summed E-state index contributed by atoms with van der Waals surface area (Å²) in [5.41, 5.74) is 0.502. The molecule has 0 bridgehead atoms. The van der Waals surface area contributed by atoms with Gasteiger partial charge in [0.15, 0.2) is 0 Å². The third kappa shape index (κ3) is 3.64. The van der Waals surface area contributed by atoms with Gasteiger partial charge in [0.25, 0.3) is 0 Å². The molecule has 5 heteroatoms. The minimum Gasteiger partial charge on any atom is -0.490 e. The molecule has 1 rings (SSSR count). The maximum absolute atomic E-state index is 11.4. The topological polar surface area (TPSA) is 55.8 Å². The maximum Gasteiger partial charge on any atom is 0.338 e. The summed E-state index contributed by atoms with van der Waals surface area (Å²) in [5.74, 6) is 0.317. The molecular formula is C11H13IO4. The van der Waals surface area contributed by atoms with E-state index in [0.29, 0.717) is 17.9 Å². The summed E-state index contributed by atoms with van der Waals surface area (Å²) in [4.78, 5) is 11.4. The van der Waals surface area contributed by atoms with Gasteiger partial charge in [-0.25, -0.2) is 4.79 Å². The number of hydrogen-bond acceptors (Lipinski definition) is 4. The summed E-state index contributed by atoms with van der Waals surface area (Å²) >= 11 is 2.07. The molecule has 0 atom stereocenters. The van der Waals surface area contributed by atoms with E-state index >= 15 is 0 Å². The SMILES string of the molecule is CCOC(=O)c1ccc(OCCO)c(I)c1. The van der Waals surface area contributed by atoms with Crippen molar-refractivity contribution in [1.29, 1.82) is 0 Å². The van der Waals surface area contributed by atoms with Crippen molar-refractivity contribution in [3.8, 4) is 5.75 Å². The van der Waals surface area contributed by atoms with Crippen LogP contribution in [0.1, 0.15) is 17.3 Å². The van der Waals surface area contributed by atoms with E-state index in [1.165, 1.54) is 0 Å². The monoisotopic (exact) mass is 336 g/mol. The van der Waals surface area contributed by atoms with Gasteiger partial charge in [0, 0.05) is 0 Å². The van der Waals surface area contributed by atoms with Gasteiger partial charge in [-0.05, 0) is 47.7 Å². The Morgan fingerprint density at radius 3 is 2.81 bits per heavy atom. The predicted octanol–water partition coefficient (Wildman–Crippen LogP) is 1.84. The average molecular weight is 336 g/mol. The third-order valence-electron chi connectivity index (χ3n) is 1.79. The van der Waals surface area contributed by atoms with E-state index in [1.807, 2.05) is 0 Å². The van der Waals surface area contributed by atoms with Crippen LogP contribution in [0.15, 0.2) is 18.2 Å². The highest BCUT2D eigenvalue weighted by Gasteiger charge is 2.09. The quantitative estimate of drug-likeness (QED) is 0.659. The van der Waals surface area contributed by atoms with Crippen molar-refractivity contribution >= 4 is 28.6 Å². The molecule has 88 valence electrons. The fraction of sp³-hybridized carbons (Fsp3) is 0.364. The van der Waals surface area contributed by atoms with Crippen molar-refractivity contribution in [2.45, 2.75) is 6.92 Å². The molecule has 0 aliphatic rings. The summed E-state index contributed by atoms with van der Waals surface area (Å²) in [6.07, 6.45) is 0. The van der Waals surface area contributed by atoms with Gasteiger partial charge in [-0.1, -0.05) is 0 Å². The van der Waals surface area contributed by atoms with Crippen LogP contribution in [0.25, 0.3) is 0 Å². The van der Waals surface area contributed by atoms with Crippen molar-refractivity contribution in [1.82, 2.24) is 0 Å². The zero-order valence-corrected chi connectivity index (χ0v) is 11.1. The van der Waals surface area contributed by atoms with Crippen LogP contribution in [0.3, 0.4) is 0 Å². The van der Waals surface area contributed by atoms with Crippen LogP contribution in [0.5, 0.6) is 5.75 Å². The zero-order valence-electron chi connectivity index (χ0n) is 8.90. The van der Waals surface area contributed by atoms with Crippen molar-refractivity contribution in [2.75, 3.05) is 19.8 Å². The number of carbonyl (C=O) groups is 1. The Kier molecular flexibility index (Phi) is 5.54. The Labute approximate surface area is 108 Å². The molecule has 0 aliphatic heterocycles. The molecule has 0 saturated heterocycles. The summed E-state index contributed by atoms with van der Waals surface area (Å²) in [6.45, 7) is 2.34. The molecule has 0 amide bonds. The number of hydrogen-bond donors (Lipinski definition) is 1. The minimum atomic E-state index is -0.339. The van der Waals surface area contributed by atoms with Gasteiger partial charge in [-0.2, -0.15) is 0 Å². The Bertz CT molecular complexity index is 365. The van der Waals surface area contributed by atoms with Crippen LogP contribution in [0.4, 0.5) is 0 Å². The smallest absolute Gasteiger partial charge is 0.338 e. The van der Waals surface area contributed by atoms with Crippen LogP contribution >= 0.6 is 22.6 Å².